The number of nitrogens with zero attached hydrogens (tertiary/aromatic N) is 3. The lowest BCUT2D eigenvalue weighted by atomic mass is 10.2. The van der Waals surface area contributed by atoms with E-state index in [0.29, 0.717) is 6.54 Å². The number of hydrogen-bond donors (Lipinski definition) is 1. The van der Waals surface area contributed by atoms with Crippen LogP contribution in [0.15, 0.2) is 41.3 Å². The molecule has 2 rings (SSSR count). The van der Waals surface area contributed by atoms with Crippen molar-refractivity contribution in [1.82, 2.24) is 20.0 Å². The SMILES string of the molecule is C[C@@H](C(=O)NC[C@H](c1ccco1)N(C)C)n1cccn1. The second kappa shape index (κ2) is 6.38. The molecule has 0 saturated heterocycles. The van der Waals surface area contributed by atoms with Crippen LogP contribution in [0.2, 0.25) is 0 Å². The molecule has 6 nitrogen and oxygen atoms in total. The Bertz CT molecular complexity index is 519. The van der Waals surface area contributed by atoms with E-state index in [0.717, 1.165) is 5.76 Å². The summed E-state index contributed by atoms with van der Waals surface area (Å²) in [5.41, 5.74) is 0. The van der Waals surface area contributed by atoms with Crippen molar-refractivity contribution >= 4 is 5.91 Å². The van der Waals surface area contributed by atoms with Gasteiger partial charge in [-0.2, -0.15) is 5.10 Å². The first-order valence-electron chi connectivity index (χ1n) is 6.56. The summed E-state index contributed by atoms with van der Waals surface area (Å²) in [6.07, 6.45) is 5.08. The molecule has 20 heavy (non-hydrogen) atoms. The summed E-state index contributed by atoms with van der Waals surface area (Å²) in [5, 5.41) is 7.02. The lowest BCUT2D eigenvalue weighted by Crippen LogP contribution is -2.37. The Morgan fingerprint density at radius 2 is 2.30 bits per heavy atom. The Hall–Kier alpha value is -2.08. The molecule has 0 bridgehead atoms. The predicted octanol–water partition coefficient (Wildman–Crippen LogP) is 1.46. The van der Waals surface area contributed by atoms with E-state index in [1.807, 2.05) is 38.1 Å². The third kappa shape index (κ3) is 3.27. The Kier molecular flexibility index (Phi) is 4.57. The standard InChI is InChI=1S/C14H20N4O2/c1-11(18-8-5-7-16-18)14(19)15-10-12(17(2)3)13-6-4-9-20-13/h4-9,11-12H,10H2,1-3H3,(H,15,19)/t11-,12+/m0/s1. The van der Waals surface area contributed by atoms with Gasteiger partial charge in [-0.05, 0) is 39.2 Å². The normalized spacial score (nSPS) is 14.2. The highest BCUT2D eigenvalue weighted by Gasteiger charge is 2.20. The monoisotopic (exact) mass is 276 g/mol. The van der Waals surface area contributed by atoms with Gasteiger partial charge in [0.25, 0.3) is 0 Å². The Morgan fingerprint density at radius 1 is 1.50 bits per heavy atom. The molecule has 0 aliphatic heterocycles. The first kappa shape index (κ1) is 14.3. The van der Waals surface area contributed by atoms with Crippen LogP contribution in [0.3, 0.4) is 0 Å². The minimum Gasteiger partial charge on any atom is -0.468 e. The van der Waals surface area contributed by atoms with E-state index in [1.165, 1.54) is 0 Å². The molecular weight excluding hydrogens is 256 g/mol. The molecule has 2 atom stereocenters. The number of hydrogen-bond acceptors (Lipinski definition) is 4. The van der Waals surface area contributed by atoms with Crippen molar-refractivity contribution in [3.05, 3.63) is 42.6 Å². The molecular formula is C14H20N4O2. The topological polar surface area (TPSA) is 63.3 Å². The fourth-order valence-electron chi connectivity index (χ4n) is 1.99. The third-order valence-electron chi connectivity index (χ3n) is 3.27. The van der Waals surface area contributed by atoms with E-state index >= 15 is 0 Å². The molecule has 0 spiro atoms. The van der Waals surface area contributed by atoms with Gasteiger partial charge in [0.1, 0.15) is 11.8 Å². The number of nitrogens with one attached hydrogen (secondary N) is 1. The minimum atomic E-state index is -0.329. The molecule has 1 N–H and O–H groups in total. The van der Waals surface area contributed by atoms with E-state index in [4.69, 9.17) is 4.42 Å². The van der Waals surface area contributed by atoms with Gasteiger partial charge >= 0.3 is 0 Å². The summed E-state index contributed by atoms with van der Waals surface area (Å²) >= 11 is 0. The molecule has 0 unspecified atom stereocenters. The lowest BCUT2D eigenvalue weighted by Gasteiger charge is -2.23. The van der Waals surface area contributed by atoms with Crippen LogP contribution >= 0.6 is 0 Å². The molecule has 1 amide bonds. The van der Waals surface area contributed by atoms with Crippen molar-refractivity contribution in [2.45, 2.75) is 19.0 Å². The molecule has 2 aromatic heterocycles. The fourth-order valence-corrected chi connectivity index (χ4v) is 1.99. The van der Waals surface area contributed by atoms with Crippen LogP contribution in [0.1, 0.15) is 24.8 Å². The van der Waals surface area contributed by atoms with Crippen LogP contribution in [0.25, 0.3) is 0 Å². The number of rotatable bonds is 6. The Morgan fingerprint density at radius 3 is 2.85 bits per heavy atom. The fraction of sp³-hybridized carbons (Fsp3) is 0.429. The van der Waals surface area contributed by atoms with Gasteiger partial charge in [0.2, 0.25) is 5.91 Å². The molecule has 108 valence electrons. The van der Waals surface area contributed by atoms with Gasteiger partial charge in [0.05, 0.1) is 12.3 Å². The third-order valence-corrected chi connectivity index (χ3v) is 3.27. The van der Waals surface area contributed by atoms with Gasteiger partial charge in [-0.3, -0.25) is 14.4 Å². The molecule has 2 heterocycles. The second-order valence-electron chi connectivity index (χ2n) is 4.90. The largest absolute Gasteiger partial charge is 0.468 e. The number of amides is 1. The highest BCUT2D eigenvalue weighted by Crippen LogP contribution is 2.17. The molecule has 0 fully saturated rings. The van der Waals surface area contributed by atoms with Crippen LogP contribution in [0, 0.1) is 0 Å². The molecule has 0 radical (unpaired) electrons. The van der Waals surface area contributed by atoms with Crippen molar-refractivity contribution in [3.63, 3.8) is 0 Å². The van der Waals surface area contributed by atoms with Crippen LogP contribution in [-0.4, -0.2) is 41.2 Å². The number of likely N-dealkylation sites (N-methyl/N-ethyl adjacent to an activating group) is 1. The van der Waals surface area contributed by atoms with Crippen molar-refractivity contribution in [2.75, 3.05) is 20.6 Å². The molecule has 6 heteroatoms. The second-order valence-corrected chi connectivity index (χ2v) is 4.90. The molecule has 0 aliphatic carbocycles. The summed E-state index contributed by atoms with van der Waals surface area (Å²) < 4.78 is 7.04. The first-order valence-corrected chi connectivity index (χ1v) is 6.56. The van der Waals surface area contributed by atoms with Gasteiger partial charge in [-0.1, -0.05) is 0 Å². The first-order chi connectivity index (χ1) is 9.59. The minimum absolute atomic E-state index is 0.0128. The van der Waals surface area contributed by atoms with E-state index in [2.05, 4.69) is 10.4 Å². The van der Waals surface area contributed by atoms with E-state index in [-0.39, 0.29) is 18.0 Å². The van der Waals surface area contributed by atoms with Crippen LogP contribution in [0.4, 0.5) is 0 Å². The van der Waals surface area contributed by atoms with Crippen LogP contribution in [-0.2, 0) is 4.79 Å². The summed E-state index contributed by atoms with van der Waals surface area (Å²) in [7, 11) is 3.91. The summed E-state index contributed by atoms with van der Waals surface area (Å²) in [6.45, 7) is 2.31. The Labute approximate surface area is 118 Å². The highest BCUT2D eigenvalue weighted by molar-refractivity contribution is 5.79. The van der Waals surface area contributed by atoms with Gasteiger partial charge in [0, 0.05) is 18.9 Å². The van der Waals surface area contributed by atoms with Gasteiger partial charge in [-0.15, -0.1) is 0 Å². The van der Waals surface area contributed by atoms with Crippen molar-refractivity contribution < 1.29 is 9.21 Å². The smallest absolute Gasteiger partial charge is 0.244 e. The maximum atomic E-state index is 12.1. The van der Waals surface area contributed by atoms with Crippen molar-refractivity contribution in [2.24, 2.45) is 0 Å². The average molecular weight is 276 g/mol. The zero-order valence-corrected chi connectivity index (χ0v) is 12.0. The average Bonchev–Trinajstić information content (AvgIpc) is 3.10. The summed E-state index contributed by atoms with van der Waals surface area (Å²) in [4.78, 5) is 14.1. The highest BCUT2D eigenvalue weighted by atomic mass is 16.3. The Balaban J connectivity index is 1.94. The lowest BCUT2D eigenvalue weighted by molar-refractivity contribution is -0.124. The van der Waals surface area contributed by atoms with E-state index < -0.39 is 0 Å². The van der Waals surface area contributed by atoms with E-state index in [1.54, 1.807) is 29.4 Å². The number of carbonyl (C=O) groups excluding carboxylic acids is 1. The van der Waals surface area contributed by atoms with Crippen LogP contribution < -0.4 is 5.32 Å². The quantitative estimate of drug-likeness (QED) is 0.867. The van der Waals surface area contributed by atoms with Gasteiger partial charge in [-0.25, -0.2) is 0 Å². The number of aromatic nitrogens is 2. The number of carbonyl (C=O) groups is 1. The van der Waals surface area contributed by atoms with Crippen LogP contribution in [0.5, 0.6) is 0 Å². The zero-order valence-electron chi connectivity index (χ0n) is 12.0. The molecule has 0 aliphatic rings. The van der Waals surface area contributed by atoms with E-state index in [9.17, 15) is 4.79 Å². The zero-order chi connectivity index (χ0) is 14.5. The maximum absolute atomic E-state index is 12.1. The summed E-state index contributed by atoms with van der Waals surface area (Å²) in [5.74, 6) is 0.772. The van der Waals surface area contributed by atoms with Crippen molar-refractivity contribution in [3.8, 4) is 0 Å². The molecule has 0 saturated carbocycles. The number of furan rings is 1. The molecule has 2 aromatic rings. The summed E-state index contributed by atoms with van der Waals surface area (Å²) in [6, 6.07) is 5.24. The predicted molar refractivity (Wildman–Crippen MR) is 75.1 cm³/mol. The maximum Gasteiger partial charge on any atom is 0.244 e. The van der Waals surface area contributed by atoms with Gasteiger partial charge in [0.15, 0.2) is 0 Å². The van der Waals surface area contributed by atoms with Crippen molar-refractivity contribution in [1.29, 1.82) is 0 Å². The molecule has 0 aromatic carbocycles. The van der Waals surface area contributed by atoms with Gasteiger partial charge < -0.3 is 9.73 Å².